The number of nitrogens with one attached hydrogen (secondary N) is 1. The summed E-state index contributed by atoms with van der Waals surface area (Å²) in [4.78, 5) is 0. The molecule has 8 nitrogen and oxygen atoms in total. The van der Waals surface area contributed by atoms with Gasteiger partial charge in [-0.25, -0.2) is 4.68 Å². The lowest BCUT2D eigenvalue weighted by atomic mass is 9.91. The van der Waals surface area contributed by atoms with Gasteiger partial charge in [0.05, 0.1) is 33.4 Å². The fraction of sp³-hybridized carbons (Fsp3) is 0.381. The van der Waals surface area contributed by atoms with E-state index in [4.69, 9.17) is 14.2 Å². The molecule has 0 amide bonds. The number of hydrogen-bond donors (Lipinski definition) is 1. The molecule has 29 heavy (non-hydrogen) atoms. The Labute approximate surface area is 169 Å². The highest BCUT2D eigenvalue weighted by Crippen LogP contribution is 2.46. The van der Waals surface area contributed by atoms with Gasteiger partial charge >= 0.3 is 0 Å². The van der Waals surface area contributed by atoms with Crippen LogP contribution in [0.15, 0.2) is 30.3 Å². The lowest BCUT2D eigenvalue weighted by molar-refractivity contribution is 0.315. The predicted octanol–water partition coefficient (Wildman–Crippen LogP) is 3.46. The highest BCUT2D eigenvalue weighted by Gasteiger charge is 2.34. The van der Waals surface area contributed by atoms with Crippen LogP contribution in [0.1, 0.15) is 40.8 Å². The number of hydrogen-bond acceptors (Lipinski definition) is 7. The van der Waals surface area contributed by atoms with Crippen LogP contribution >= 0.6 is 0 Å². The van der Waals surface area contributed by atoms with Crippen LogP contribution in [-0.4, -0.2) is 41.5 Å². The van der Waals surface area contributed by atoms with E-state index in [1.165, 1.54) is 16.7 Å². The van der Waals surface area contributed by atoms with E-state index in [1.807, 2.05) is 12.1 Å². The molecule has 0 fully saturated rings. The van der Waals surface area contributed by atoms with Crippen molar-refractivity contribution in [1.29, 1.82) is 0 Å². The van der Waals surface area contributed by atoms with Crippen LogP contribution in [0.2, 0.25) is 0 Å². The molecule has 2 unspecified atom stereocenters. The van der Waals surface area contributed by atoms with Crippen LogP contribution in [0.5, 0.6) is 17.2 Å². The van der Waals surface area contributed by atoms with Crippen molar-refractivity contribution in [1.82, 2.24) is 20.2 Å². The molecular weight excluding hydrogens is 370 g/mol. The van der Waals surface area contributed by atoms with Gasteiger partial charge in [0, 0.05) is 5.56 Å². The predicted molar refractivity (Wildman–Crippen MR) is 109 cm³/mol. The van der Waals surface area contributed by atoms with Crippen LogP contribution in [0.4, 0.5) is 5.95 Å². The lowest BCUT2D eigenvalue weighted by Crippen LogP contribution is -2.28. The second kappa shape index (κ2) is 7.62. The van der Waals surface area contributed by atoms with E-state index in [0.717, 1.165) is 12.0 Å². The topological polar surface area (TPSA) is 83.3 Å². The van der Waals surface area contributed by atoms with Gasteiger partial charge in [0.1, 0.15) is 0 Å². The molecule has 2 atom stereocenters. The number of fused-ring (bicyclic) bond motifs is 1. The van der Waals surface area contributed by atoms with Crippen molar-refractivity contribution in [3.8, 4) is 17.2 Å². The maximum absolute atomic E-state index is 5.72. The lowest BCUT2D eigenvalue weighted by Gasteiger charge is -2.32. The molecule has 2 heterocycles. The molecule has 0 saturated carbocycles. The maximum atomic E-state index is 5.72. The Balaban J connectivity index is 1.80. The molecule has 152 valence electrons. The van der Waals surface area contributed by atoms with Crippen molar-refractivity contribution in [2.75, 3.05) is 26.6 Å². The van der Waals surface area contributed by atoms with Gasteiger partial charge in [-0.2, -0.15) is 0 Å². The van der Waals surface area contributed by atoms with Crippen molar-refractivity contribution in [3.63, 3.8) is 0 Å². The van der Waals surface area contributed by atoms with Crippen molar-refractivity contribution >= 4 is 5.95 Å². The third kappa shape index (κ3) is 3.24. The van der Waals surface area contributed by atoms with Crippen LogP contribution in [0, 0.1) is 13.8 Å². The quantitative estimate of drug-likeness (QED) is 0.708. The van der Waals surface area contributed by atoms with Crippen LogP contribution in [-0.2, 0) is 0 Å². The molecule has 2 aromatic carbocycles. The number of anilines is 1. The summed E-state index contributed by atoms with van der Waals surface area (Å²) < 4.78 is 18.5. The fourth-order valence-corrected chi connectivity index (χ4v) is 3.88. The van der Waals surface area contributed by atoms with E-state index in [-0.39, 0.29) is 12.1 Å². The third-order valence-corrected chi connectivity index (χ3v) is 5.58. The summed E-state index contributed by atoms with van der Waals surface area (Å²) >= 11 is 0. The van der Waals surface area contributed by atoms with Gasteiger partial charge in [-0.05, 0) is 59.5 Å². The zero-order valence-corrected chi connectivity index (χ0v) is 17.3. The first-order valence-corrected chi connectivity index (χ1v) is 9.47. The number of rotatable bonds is 5. The monoisotopic (exact) mass is 395 g/mol. The molecule has 8 heteroatoms. The van der Waals surface area contributed by atoms with Gasteiger partial charge in [-0.1, -0.05) is 23.3 Å². The van der Waals surface area contributed by atoms with Crippen molar-refractivity contribution in [2.24, 2.45) is 0 Å². The highest BCUT2D eigenvalue weighted by molar-refractivity contribution is 5.57. The second-order valence-corrected chi connectivity index (χ2v) is 7.16. The van der Waals surface area contributed by atoms with E-state index in [2.05, 4.69) is 52.9 Å². The zero-order chi connectivity index (χ0) is 20.5. The Morgan fingerprint density at radius 2 is 1.76 bits per heavy atom. The molecular formula is C21H25N5O3. The van der Waals surface area contributed by atoms with Gasteiger partial charge in [0.15, 0.2) is 11.5 Å². The van der Waals surface area contributed by atoms with Crippen molar-refractivity contribution < 1.29 is 14.2 Å². The number of aryl methyl sites for hydroxylation is 2. The number of nitrogens with zero attached hydrogens (tertiary/aromatic N) is 4. The number of aromatic nitrogens is 4. The van der Waals surface area contributed by atoms with Gasteiger partial charge in [0.2, 0.25) is 11.7 Å². The standard InChI is InChI=1S/C21H25N5O3/c1-12-6-7-14(10-13(12)2)16-11-17(26-21(22-16)23-24-25-26)15-8-9-18(27-3)20(29-5)19(15)28-4/h6-10,16-17H,11H2,1-5H3,(H,22,23,25). The fourth-order valence-electron chi connectivity index (χ4n) is 3.88. The Morgan fingerprint density at radius 3 is 2.45 bits per heavy atom. The number of methoxy groups -OCH3 is 3. The van der Waals surface area contributed by atoms with E-state index in [0.29, 0.717) is 23.2 Å². The molecule has 0 radical (unpaired) electrons. The van der Waals surface area contributed by atoms with E-state index >= 15 is 0 Å². The number of ether oxygens (including phenoxy) is 3. The second-order valence-electron chi connectivity index (χ2n) is 7.16. The molecule has 1 N–H and O–H groups in total. The summed E-state index contributed by atoms with van der Waals surface area (Å²) in [6, 6.07) is 10.3. The Bertz CT molecular complexity index is 1030. The SMILES string of the molecule is COc1ccc(C2CC(c3ccc(C)c(C)c3)Nc3nnnn32)c(OC)c1OC. The molecule has 1 aliphatic rings. The summed E-state index contributed by atoms with van der Waals surface area (Å²) in [5.74, 6) is 2.42. The summed E-state index contributed by atoms with van der Waals surface area (Å²) in [7, 11) is 4.84. The third-order valence-electron chi connectivity index (χ3n) is 5.58. The Kier molecular flexibility index (Phi) is 5.00. The van der Waals surface area contributed by atoms with Crippen LogP contribution in [0.3, 0.4) is 0 Å². The van der Waals surface area contributed by atoms with Crippen molar-refractivity contribution in [2.45, 2.75) is 32.4 Å². The van der Waals surface area contributed by atoms with Crippen LogP contribution in [0.25, 0.3) is 0 Å². The first kappa shape index (κ1) is 19.0. The van der Waals surface area contributed by atoms with Crippen LogP contribution < -0.4 is 19.5 Å². The zero-order valence-electron chi connectivity index (χ0n) is 17.3. The summed E-state index contributed by atoms with van der Waals surface area (Å²) in [6.07, 6.45) is 0.756. The molecule has 0 aliphatic carbocycles. The summed E-state index contributed by atoms with van der Waals surface area (Å²) in [5.41, 5.74) is 4.67. The van der Waals surface area contributed by atoms with E-state index in [1.54, 1.807) is 26.0 Å². The Morgan fingerprint density at radius 1 is 0.966 bits per heavy atom. The summed E-state index contributed by atoms with van der Waals surface area (Å²) in [5, 5.41) is 15.7. The molecule has 0 bridgehead atoms. The van der Waals surface area contributed by atoms with E-state index in [9.17, 15) is 0 Å². The molecule has 0 saturated heterocycles. The normalized spacial score (nSPS) is 18.0. The first-order chi connectivity index (χ1) is 14.1. The summed E-state index contributed by atoms with van der Waals surface area (Å²) in [6.45, 7) is 4.24. The van der Waals surface area contributed by atoms with Gasteiger partial charge in [-0.15, -0.1) is 0 Å². The molecule has 4 rings (SSSR count). The highest BCUT2D eigenvalue weighted by atomic mass is 16.5. The van der Waals surface area contributed by atoms with Gasteiger partial charge in [-0.3, -0.25) is 0 Å². The smallest absolute Gasteiger partial charge is 0.243 e. The largest absolute Gasteiger partial charge is 0.493 e. The molecule has 1 aliphatic heterocycles. The van der Waals surface area contributed by atoms with Gasteiger partial charge in [0.25, 0.3) is 0 Å². The van der Waals surface area contributed by atoms with Crippen molar-refractivity contribution in [3.05, 3.63) is 52.6 Å². The number of benzene rings is 2. The first-order valence-electron chi connectivity index (χ1n) is 9.47. The van der Waals surface area contributed by atoms with Gasteiger partial charge < -0.3 is 19.5 Å². The van der Waals surface area contributed by atoms with E-state index < -0.39 is 0 Å². The Hall–Kier alpha value is -3.29. The average molecular weight is 395 g/mol. The number of tetrazole rings is 1. The maximum Gasteiger partial charge on any atom is 0.243 e. The molecule has 3 aromatic rings. The minimum atomic E-state index is -0.123. The minimum Gasteiger partial charge on any atom is -0.493 e. The average Bonchev–Trinajstić information content (AvgIpc) is 3.22. The molecule has 0 spiro atoms. The minimum absolute atomic E-state index is 0.0654. The molecule has 1 aromatic heterocycles.